The highest BCUT2D eigenvalue weighted by atomic mass is 32.2. The van der Waals surface area contributed by atoms with Crippen LogP contribution in [0.5, 0.6) is 11.5 Å². The Hall–Kier alpha value is -1.47. The van der Waals surface area contributed by atoms with Gasteiger partial charge in [0.1, 0.15) is 0 Å². The molecule has 1 aromatic rings. The molecule has 7 heteroatoms. The Bertz CT molecular complexity index is 442. The van der Waals surface area contributed by atoms with E-state index in [0.717, 1.165) is 0 Å². The molecule has 84 valence electrons. The van der Waals surface area contributed by atoms with Gasteiger partial charge in [-0.15, -0.1) is 0 Å². The molecular weight excluding hydrogens is 222 g/mol. The van der Waals surface area contributed by atoms with Crippen molar-refractivity contribution in [3.05, 3.63) is 18.2 Å². The second-order valence-corrected chi connectivity index (χ2v) is 3.77. The molecule has 0 aliphatic carbocycles. The smallest absolute Gasteiger partial charge is 0.357 e. The Balaban J connectivity index is 3.18. The minimum absolute atomic E-state index is 0.111. The van der Waals surface area contributed by atoms with Crippen LogP contribution in [0.3, 0.4) is 0 Å². The van der Waals surface area contributed by atoms with E-state index in [2.05, 4.69) is 0 Å². The summed E-state index contributed by atoms with van der Waals surface area (Å²) in [7, 11) is -1.53. The highest BCUT2D eigenvalue weighted by Gasteiger charge is 2.13. The van der Waals surface area contributed by atoms with E-state index in [0.29, 0.717) is 5.75 Å². The van der Waals surface area contributed by atoms with Crippen LogP contribution in [-0.4, -0.2) is 27.2 Å². The van der Waals surface area contributed by atoms with Crippen molar-refractivity contribution in [3.63, 3.8) is 0 Å². The van der Waals surface area contributed by atoms with Gasteiger partial charge in [-0.25, -0.2) is 0 Å². The maximum absolute atomic E-state index is 10.6. The lowest BCUT2D eigenvalue weighted by molar-refractivity contribution is 0.356. The molecule has 0 radical (unpaired) electrons. The number of para-hydroxylation sites is 1. The zero-order chi connectivity index (χ0) is 11.5. The molecular formula is C8H11NO5S. The van der Waals surface area contributed by atoms with Gasteiger partial charge in [0.25, 0.3) is 0 Å². The molecule has 6 nitrogen and oxygen atoms in total. The largest absolute Gasteiger partial charge is 0.493 e. The molecule has 1 rings (SSSR count). The zero-order valence-electron chi connectivity index (χ0n) is 8.22. The lowest BCUT2D eigenvalue weighted by Gasteiger charge is -2.12. The average molecular weight is 233 g/mol. The van der Waals surface area contributed by atoms with Gasteiger partial charge < -0.3 is 9.47 Å². The van der Waals surface area contributed by atoms with E-state index < -0.39 is 10.3 Å². The number of benzene rings is 1. The molecule has 0 atom stereocenters. The van der Waals surface area contributed by atoms with Crippen molar-refractivity contribution in [1.82, 2.24) is 0 Å². The molecule has 0 spiro atoms. The Labute approximate surface area is 87.7 Å². The van der Waals surface area contributed by atoms with Gasteiger partial charge in [0.2, 0.25) is 0 Å². The molecule has 0 heterocycles. The number of anilines is 1. The SMILES string of the molecule is COc1cccc(NS(=O)(=O)O)c1OC. The Morgan fingerprint density at radius 1 is 1.27 bits per heavy atom. The van der Waals surface area contributed by atoms with Crippen LogP contribution in [0.25, 0.3) is 0 Å². The Kier molecular flexibility index (Phi) is 3.38. The minimum Gasteiger partial charge on any atom is -0.493 e. The summed E-state index contributed by atoms with van der Waals surface area (Å²) in [5, 5.41) is 0. The summed E-state index contributed by atoms with van der Waals surface area (Å²) < 4.78 is 41.7. The quantitative estimate of drug-likeness (QED) is 0.755. The summed E-state index contributed by atoms with van der Waals surface area (Å²) in [4.78, 5) is 0. The summed E-state index contributed by atoms with van der Waals surface area (Å²) in [6.45, 7) is 0. The van der Waals surface area contributed by atoms with Crippen LogP contribution >= 0.6 is 0 Å². The first-order valence-corrected chi connectivity index (χ1v) is 5.38. The molecule has 0 aromatic heterocycles. The molecule has 2 N–H and O–H groups in total. The zero-order valence-corrected chi connectivity index (χ0v) is 9.04. The second-order valence-electron chi connectivity index (χ2n) is 2.62. The molecule has 0 unspecified atom stereocenters. The van der Waals surface area contributed by atoms with Crippen molar-refractivity contribution in [2.75, 3.05) is 18.9 Å². The van der Waals surface area contributed by atoms with Gasteiger partial charge in [-0.1, -0.05) is 6.07 Å². The van der Waals surface area contributed by atoms with Gasteiger partial charge in [-0.2, -0.15) is 8.42 Å². The normalized spacial score (nSPS) is 10.9. The third-order valence-electron chi connectivity index (χ3n) is 1.64. The summed E-state index contributed by atoms with van der Waals surface area (Å²) >= 11 is 0. The maximum Gasteiger partial charge on any atom is 0.357 e. The van der Waals surface area contributed by atoms with E-state index >= 15 is 0 Å². The van der Waals surface area contributed by atoms with Crippen molar-refractivity contribution in [2.24, 2.45) is 0 Å². The molecule has 0 aliphatic rings. The second kappa shape index (κ2) is 4.37. The number of nitrogens with one attached hydrogen (secondary N) is 1. The first-order chi connectivity index (χ1) is 6.98. The lowest BCUT2D eigenvalue weighted by Crippen LogP contribution is -2.11. The number of hydrogen-bond acceptors (Lipinski definition) is 4. The van der Waals surface area contributed by atoms with Crippen LogP contribution in [0.4, 0.5) is 5.69 Å². The summed E-state index contributed by atoms with van der Waals surface area (Å²) in [5.74, 6) is 0.573. The number of rotatable bonds is 4. The third kappa shape index (κ3) is 3.00. The van der Waals surface area contributed by atoms with E-state index in [1.807, 2.05) is 4.72 Å². The van der Waals surface area contributed by atoms with Crippen molar-refractivity contribution in [3.8, 4) is 11.5 Å². The van der Waals surface area contributed by atoms with Crippen LogP contribution in [0.15, 0.2) is 18.2 Å². The first-order valence-electron chi connectivity index (χ1n) is 3.94. The van der Waals surface area contributed by atoms with Crippen LogP contribution in [0.1, 0.15) is 0 Å². The third-order valence-corrected chi connectivity index (χ3v) is 2.12. The standard InChI is InChI=1S/C8H11NO5S/c1-13-7-5-3-4-6(8(7)14-2)9-15(10,11)12/h3-5,9H,1-2H3,(H,10,11,12). The molecule has 15 heavy (non-hydrogen) atoms. The highest BCUT2D eigenvalue weighted by Crippen LogP contribution is 2.34. The van der Waals surface area contributed by atoms with Crippen LogP contribution < -0.4 is 14.2 Å². The van der Waals surface area contributed by atoms with Gasteiger partial charge in [-0.05, 0) is 12.1 Å². The summed E-state index contributed by atoms with van der Waals surface area (Å²) in [6.07, 6.45) is 0. The van der Waals surface area contributed by atoms with Gasteiger partial charge in [0.15, 0.2) is 11.5 Å². The highest BCUT2D eigenvalue weighted by molar-refractivity contribution is 7.87. The predicted molar refractivity (Wildman–Crippen MR) is 54.7 cm³/mol. The molecule has 0 amide bonds. The Morgan fingerprint density at radius 3 is 2.40 bits per heavy atom. The van der Waals surface area contributed by atoms with Gasteiger partial charge in [-0.3, -0.25) is 9.27 Å². The monoisotopic (exact) mass is 233 g/mol. The molecule has 0 fully saturated rings. The fourth-order valence-corrected chi connectivity index (χ4v) is 1.55. The number of hydrogen-bond donors (Lipinski definition) is 2. The van der Waals surface area contributed by atoms with Crippen molar-refractivity contribution in [1.29, 1.82) is 0 Å². The molecule has 0 saturated carbocycles. The summed E-state index contributed by atoms with van der Waals surface area (Å²) in [5.41, 5.74) is 0.111. The summed E-state index contributed by atoms with van der Waals surface area (Å²) in [6, 6.07) is 4.61. The van der Waals surface area contributed by atoms with E-state index in [9.17, 15) is 8.42 Å². The van der Waals surface area contributed by atoms with Gasteiger partial charge >= 0.3 is 10.3 Å². The van der Waals surface area contributed by atoms with Gasteiger partial charge in [0, 0.05) is 0 Å². The van der Waals surface area contributed by atoms with E-state index in [4.69, 9.17) is 14.0 Å². The van der Waals surface area contributed by atoms with Crippen LogP contribution in [0, 0.1) is 0 Å². The van der Waals surface area contributed by atoms with E-state index in [1.165, 1.54) is 20.3 Å². The van der Waals surface area contributed by atoms with Crippen LogP contribution in [0.2, 0.25) is 0 Å². The van der Waals surface area contributed by atoms with Crippen molar-refractivity contribution < 1.29 is 22.4 Å². The molecule has 0 bridgehead atoms. The van der Waals surface area contributed by atoms with E-state index in [-0.39, 0.29) is 11.4 Å². The van der Waals surface area contributed by atoms with E-state index in [1.54, 1.807) is 12.1 Å². The molecule has 0 aliphatic heterocycles. The number of methoxy groups -OCH3 is 2. The molecule has 1 aromatic carbocycles. The topological polar surface area (TPSA) is 84.9 Å². The maximum atomic E-state index is 10.6. The van der Waals surface area contributed by atoms with Crippen LogP contribution in [-0.2, 0) is 10.3 Å². The predicted octanol–water partition coefficient (Wildman–Crippen LogP) is 0.918. The van der Waals surface area contributed by atoms with Gasteiger partial charge in [0.05, 0.1) is 19.9 Å². The first kappa shape index (κ1) is 11.6. The number of ether oxygens (including phenoxy) is 2. The minimum atomic E-state index is -4.32. The lowest BCUT2D eigenvalue weighted by atomic mass is 10.3. The Morgan fingerprint density at radius 2 is 1.93 bits per heavy atom. The van der Waals surface area contributed by atoms with Crippen molar-refractivity contribution in [2.45, 2.75) is 0 Å². The fraction of sp³-hybridized carbons (Fsp3) is 0.250. The van der Waals surface area contributed by atoms with Crippen molar-refractivity contribution >= 4 is 16.0 Å². The fourth-order valence-electron chi connectivity index (χ4n) is 1.11. The average Bonchev–Trinajstić information content (AvgIpc) is 2.15. The molecule has 0 saturated heterocycles.